The van der Waals surface area contributed by atoms with Gasteiger partial charge in [0.1, 0.15) is 10.7 Å². The normalized spacial score (nSPS) is 19.9. The van der Waals surface area contributed by atoms with Crippen molar-refractivity contribution in [1.29, 1.82) is 0 Å². The lowest BCUT2D eigenvalue weighted by Gasteiger charge is -2.32. The average molecular weight is 282 g/mol. The molecule has 18 heavy (non-hydrogen) atoms. The van der Waals surface area contributed by atoms with Crippen LogP contribution in [-0.2, 0) is 0 Å². The molecule has 1 fully saturated rings. The maximum absolute atomic E-state index is 5.65. The number of nitrogens with two attached hydrogens (primary N) is 1. The third-order valence-electron chi connectivity index (χ3n) is 2.97. The molecule has 6 heteroatoms. The number of aryl methyl sites for hydroxylation is 1. The van der Waals surface area contributed by atoms with Crippen LogP contribution < -0.4 is 10.6 Å². The highest BCUT2D eigenvalue weighted by atomic mass is 32.2. The van der Waals surface area contributed by atoms with Crippen molar-refractivity contribution in [3.8, 4) is 0 Å². The minimum absolute atomic E-state index is 0.333. The molecule has 0 spiro atoms. The fourth-order valence-electron chi connectivity index (χ4n) is 1.97. The summed E-state index contributed by atoms with van der Waals surface area (Å²) in [6, 6.07) is 1.84. The molecule has 1 atom stereocenters. The minimum Gasteiger partial charge on any atom is -0.388 e. The van der Waals surface area contributed by atoms with Gasteiger partial charge in [-0.3, -0.25) is 0 Å². The Morgan fingerprint density at radius 1 is 1.61 bits per heavy atom. The van der Waals surface area contributed by atoms with Gasteiger partial charge < -0.3 is 10.6 Å². The van der Waals surface area contributed by atoms with Crippen LogP contribution in [0, 0.1) is 6.92 Å². The monoisotopic (exact) mass is 282 g/mol. The van der Waals surface area contributed by atoms with Gasteiger partial charge in [-0.1, -0.05) is 19.1 Å². The highest BCUT2D eigenvalue weighted by molar-refractivity contribution is 8.00. The Labute approximate surface area is 117 Å². The molecule has 1 aliphatic heterocycles. The molecule has 1 aromatic rings. The topological polar surface area (TPSA) is 55.0 Å². The number of anilines is 1. The molecule has 0 aromatic carbocycles. The van der Waals surface area contributed by atoms with E-state index in [9.17, 15) is 0 Å². The lowest BCUT2D eigenvalue weighted by atomic mass is 10.3. The van der Waals surface area contributed by atoms with Gasteiger partial charge in [-0.25, -0.2) is 9.97 Å². The molecule has 0 amide bonds. The zero-order valence-corrected chi connectivity index (χ0v) is 12.4. The van der Waals surface area contributed by atoms with Crippen molar-refractivity contribution < 1.29 is 0 Å². The van der Waals surface area contributed by atoms with E-state index in [1.807, 2.05) is 24.8 Å². The Hall–Kier alpha value is -0.880. The van der Waals surface area contributed by atoms with E-state index in [4.69, 9.17) is 18.0 Å². The van der Waals surface area contributed by atoms with Crippen LogP contribution in [0.2, 0.25) is 0 Å². The van der Waals surface area contributed by atoms with Crippen LogP contribution in [0.3, 0.4) is 0 Å². The third-order valence-corrected chi connectivity index (χ3v) is 4.55. The second-order valence-corrected chi connectivity index (χ2v) is 6.25. The maximum Gasteiger partial charge on any atom is 0.226 e. The quantitative estimate of drug-likeness (QED) is 0.853. The zero-order chi connectivity index (χ0) is 13.1. The summed E-state index contributed by atoms with van der Waals surface area (Å²) >= 11 is 7.02. The maximum atomic E-state index is 5.65. The summed E-state index contributed by atoms with van der Waals surface area (Å²) in [5.74, 6) is 1.88. The lowest BCUT2D eigenvalue weighted by molar-refractivity contribution is 0.707. The van der Waals surface area contributed by atoms with E-state index in [0.29, 0.717) is 15.9 Å². The summed E-state index contributed by atoms with van der Waals surface area (Å²) in [6.45, 7) is 6.16. The van der Waals surface area contributed by atoms with E-state index in [0.717, 1.165) is 30.5 Å². The van der Waals surface area contributed by atoms with Gasteiger partial charge in [-0.2, -0.15) is 11.8 Å². The zero-order valence-electron chi connectivity index (χ0n) is 10.7. The van der Waals surface area contributed by atoms with Crippen molar-refractivity contribution in [3.63, 3.8) is 0 Å². The number of thiocarbonyl (C=S) groups is 1. The Bertz CT molecular complexity index is 450. The summed E-state index contributed by atoms with van der Waals surface area (Å²) in [6.07, 6.45) is 1.18. The SMILES string of the molecule is CCC1CN(c2nc(C)cc(C(N)=S)n2)CCS1. The standard InChI is InChI=1S/C12H18N4S2/c1-3-9-7-16(4-5-18-9)12-14-8(2)6-10(15-12)11(13)17/h6,9H,3-5,7H2,1-2H3,(H2,13,17). The van der Waals surface area contributed by atoms with Gasteiger partial charge >= 0.3 is 0 Å². The van der Waals surface area contributed by atoms with Crippen LogP contribution in [0.25, 0.3) is 0 Å². The first-order valence-corrected chi connectivity index (χ1v) is 7.58. The van der Waals surface area contributed by atoms with Crippen molar-refractivity contribution in [3.05, 3.63) is 17.5 Å². The van der Waals surface area contributed by atoms with Gasteiger partial charge in [0.25, 0.3) is 0 Å². The Morgan fingerprint density at radius 3 is 3.06 bits per heavy atom. The van der Waals surface area contributed by atoms with E-state index in [2.05, 4.69) is 21.8 Å². The molecule has 2 heterocycles. The predicted molar refractivity (Wildman–Crippen MR) is 81.4 cm³/mol. The van der Waals surface area contributed by atoms with Crippen LogP contribution in [0.1, 0.15) is 24.7 Å². The first-order chi connectivity index (χ1) is 8.60. The first-order valence-electron chi connectivity index (χ1n) is 6.12. The van der Waals surface area contributed by atoms with Gasteiger partial charge in [-0.15, -0.1) is 0 Å². The fourth-order valence-corrected chi connectivity index (χ4v) is 3.25. The van der Waals surface area contributed by atoms with Crippen molar-refractivity contribution >= 4 is 34.9 Å². The molecule has 1 aliphatic rings. The predicted octanol–water partition coefficient (Wildman–Crippen LogP) is 1.75. The van der Waals surface area contributed by atoms with Crippen LogP contribution in [0.5, 0.6) is 0 Å². The summed E-state index contributed by atoms with van der Waals surface area (Å²) in [5, 5.41) is 0.663. The molecule has 0 bridgehead atoms. The van der Waals surface area contributed by atoms with E-state index >= 15 is 0 Å². The largest absolute Gasteiger partial charge is 0.388 e. The van der Waals surface area contributed by atoms with Crippen molar-refractivity contribution in [2.24, 2.45) is 5.73 Å². The molecule has 1 saturated heterocycles. The Kier molecular flexibility index (Phi) is 4.40. The third kappa shape index (κ3) is 3.11. The van der Waals surface area contributed by atoms with Gasteiger partial charge in [0, 0.05) is 29.8 Å². The molecular weight excluding hydrogens is 264 g/mol. The van der Waals surface area contributed by atoms with Crippen LogP contribution in [0.4, 0.5) is 5.95 Å². The summed E-state index contributed by atoms with van der Waals surface area (Å²) in [5.41, 5.74) is 7.23. The average Bonchev–Trinajstić information content (AvgIpc) is 2.38. The van der Waals surface area contributed by atoms with Gasteiger partial charge in [0.15, 0.2) is 0 Å². The molecule has 2 N–H and O–H groups in total. The summed E-state index contributed by atoms with van der Waals surface area (Å²) in [7, 11) is 0. The Balaban J connectivity index is 2.24. The summed E-state index contributed by atoms with van der Waals surface area (Å²) in [4.78, 5) is 11.5. The van der Waals surface area contributed by atoms with Crippen molar-refractivity contribution in [1.82, 2.24) is 9.97 Å². The molecular formula is C12H18N4S2. The number of hydrogen-bond acceptors (Lipinski definition) is 5. The van der Waals surface area contributed by atoms with E-state index < -0.39 is 0 Å². The van der Waals surface area contributed by atoms with Crippen LogP contribution in [0.15, 0.2) is 6.07 Å². The van der Waals surface area contributed by atoms with E-state index in [-0.39, 0.29) is 0 Å². The number of nitrogens with zero attached hydrogens (tertiary/aromatic N) is 3. The molecule has 0 saturated carbocycles. The molecule has 1 aromatic heterocycles. The van der Waals surface area contributed by atoms with E-state index in [1.54, 1.807) is 0 Å². The molecule has 0 radical (unpaired) electrons. The van der Waals surface area contributed by atoms with E-state index in [1.165, 1.54) is 6.42 Å². The number of rotatable bonds is 3. The van der Waals surface area contributed by atoms with Crippen molar-refractivity contribution in [2.45, 2.75) is 25.5 Å². The molecule has 1 unspecified atom stereocenters. The molecule has 4 nitrogen and oxygen atoms in total. The van der Waals surface area contributed by atoms with Gasteiger partial charge in [-0.05, 0) is 19.4 Å². The second-order valence-electron chi connectivity index (χ2n) is 4.41. The molecule has 98 valence electrons. The smallest absolute Gasteiger partial charge is 0.226 e. The number of aromatic nitrogens is 2. The van der Waals surface area contributed by atoms with Crippen LogP contribution >= 0.6 is 24.0 Å². The Morgan fingerprint density at radius 2 is 2.39 bits per heavy atom. The minimum atomic E-state index is 0.333. The highest BCUT2D eigenvalue weighted by Gasteiger charge is 2.21. The number of hydrogen-bond donors (Lipinski definition) is 1. The number of thioether (sulfide) groups is 1. The first kappa shape index (κ1) is 13.5. The fraction of sp³-hybridized carbons (Fsp3) is 0.583. The summed E-state index contributed by atoms with van der Waals surface area (Å²) < 4.78 is 0. The molecule has 0 aliphatic carbocycles. The van der Waals surface area contributed by atoms with Gasteiger partial charge in [0.2, 0.25) is 5.95 Å². The van der Waals surface area contributed by atoms with Crippen molar-refractivity contribution in [2.75, 3.05) is 23.7 Å². The lowest BCUT2D eigenvalue weighted by Crippen LogP contribution is -2.39. The van der Waals surface area contributed by atoms with Gasteiger partial charge in [0.05, 0.1) is 0 Å². The second kappa shape index (κ2) is 5.84. The molecule has 2 rings (SSSR count). The highest BCUT2D eigenvalue weighted by Crippen LogP contribution is 2.24. The van der Waals surface area contributed by atoms with Crippen LogP contribution in [-0.4, -0.2) is 39.0 Å².